The Kier molecular flexibility index (Phi) is 6.07. The monoisotopic (exact) mass is 405 g/mol. The Morgan fingerprint density at radius 2 is 1.83 bits per heavy atom. The highest BCUT2D eigenvalue weighted by molar-refractivity contribution is 8.00. The van der Waals surface area contributed by atoms with Crippen LogP contribution in [-0.4, -0.2) is 21.6 Å². The van der Waals surface area contributed by atoms with Gasteiger partial charge in [0.1, 0.15) is 23.1 Å². The molecule has 2 heterocycles. The van der Waals surface area contributed by atoms with E-state index in [0.29, 0.717) is 12.4 Å². The van der Waals surface area contributed by atoms with Gasteiger partial charge in [-0.25, -0.2) is 9.97 Å². The molecule has 0 aliphatic carbocycles. The van der Waals surface area contributed by atoms with Crippen molar-refractivity contribution in [3.63, 3.8) is 0 Å². The number of amides is 1. The maximum Gasteiger partial charge on any atom is 0.230 e. The third-order valence-corrected chi connectivity index (χ3v) is 5.10. The Balaban J connectivity index is 1.44. The predicted molar refractivity (Wildman–Crippen MR) is 112 cm³/mol. The third-order valence-electron chi connectivity index (χ3n) is 4.11. The summed E-state index contributed by atoms with van der Waals surface area (Å²) in [5.41, 5.74) is 0.827. The van der Waals surface area contributed by atoms with Gasteiger partial charge in [0.25, 0.3) is 0 Å². The number of ether oxygens (including phenoxy) is 1. The van der Waals surface area contributed by atoms with Gasteiger partial charge in [-0.3, -0.25) is 4.79 Å². The molecule has 0 saturated heterocycles. The fourth-order valence-electron chi connectivity index (χ4n) is 2.72. The number of fused-ring (bicyclic) bond motifs is 1. The number of aromatic nitrogens is 2. The third kappa shape index (κ3) is 5.14. The zero-order valence-corrected chi connectivity index (χ0v) is 16.4. The molecule has 0 aliphatic rings. The number of rotatable bonds is 8. The van der Waals surface area contributed by atoms with E-state index in [0.717, 1.165) is 27.4 Å². The van der Waals surface area contributed by atoms with Gasteiger partial charge in [-0.1, -0.05) is 48.2 Å². The van der Waals surface area contributed by atoms with Crippen molar-refractivity contribution < 1.29 is 13.9 Å². The zero-order valence-electron chi connectivity index (χ0n) is 15.6. The molecule has 0 unspecified atom stereocenters. The number of nitrogens with one attached hydrogen (secondary N) is 1. The van der Waals surface area contributed by atoms with Gasteiger partial charge in [0.15, 0.2) is 5.82 Å². The smallest absolute Gasteiger partial charge is 0.230 e. The molecular formula is C22H19N3O3S. The molecule has 6 nitrogen and oxygen atoms in total. The van der Waals surface area contributed by atoms with Crippen LogP contribution in [0, 0.1) is 0 Å². The largest absolute Gasteiger partial charge is 0.486 e. The number of nitrogens with zero attached hydrogens (tertiary/aromatic N) is 2. The summed E-state index contributed by atoms with van der Waals surface area (Å²) in [6, 6.07) is 20.9. The van der Waals surface area contributed by atoms with Crippen LogP contribution in [0.15, 0.2) is 82.4 Å². The first-order valence-electron chi connectivity index (χ1n) is 9.13. The molecule has 29 heavy (non-hydrogen) atoms. The van der Waals surface area contributed by atoms with Gasteiger partial charge in [0, 0.05) is 5.39 Å². The SMILES string of the molecule is O=C(CSc1nc(COc2ccccc2)nc2ccccc12)NCc1ccco1. The maximum absolute atomic E-state index is 12.2. The van der Waals surface area contributed by atoms with E-state index in [-0.39, 0.29) is 18.3 Å². The summed E-state index contributed by atoms with van der Waals surface area (Å²) in [7, 11) is 0. The van der Waals surface area contributed by atoms with Crippen molar-refractivity contribution in [2.75, 3.05) is 5.75 Å². The van der Waals surface area contributed by atoms with Crippen LogP contribution in [0.2, 0.25) is 0 Å². The number of carbonyl (C=O) groups is 1. The first-order valence-corrected chi connectivity index (χ1v) is 10.1. The van der Waals surface area contributed by atoms with Crippen molar-refractivity contribution >= 4 is 28.6 Å². The number of hydrogen-bond donors (Lipinski definition) is 1. The second kappa shape index (κ2) is 9.25. The molecule has 0 bridgehead atoms. The van der Waals surface area contributed by atoms with Gasteiger partial charge in [0.2, 0.25) is 5.91 Å². The summed E-state index contributed by atoms with van der Waals surface area (Å²) < 4.78 is 11.0. The molecule has 0 atom stereocenters. The standard InChI is InChI=1S/C22H19N3O3S/c26-21(23-13-17-9-6-12-27-17)15-29-22-18-10-4-5-11-19(18)24-20(25-22)14-28-16-7-2-1-3-8-16/h1-12H,13-15H2,(H,23,26). The molecule has 7 heteroatoms. The first-order chi connectivity index (χ1) is 14.3. The van der Waals surface area contributed by atoms with E-state index in [1.807, 2.05) is 60.7 Å². The lowest BCUT2D eigenvalue weighted by molar-refractivity contribution is -0.118. The van der Waals surface area contributed by atoms with E-state index >= 15 is 0 Å². The number of benzene rings is 2. The molecule has 0 radical (unpaired) electrons. The van der Waals surface area contributed by atoms with E-state index in [9.17, 15) is 4.79 Å². The number of carbonyl (C=O) groups excluding carboxylic acids is 1. The fourth-order valence-corrected chi connectivity index (χ4v) is 3.58. The van der Waals surface area contributed by atoms with Gasteiger partial charge < -0.3 is 14.5 Å². The van der Waals surface area contributed by atoms with Crippen LogP contribution in [0.5, 0.6) is 5.75 Å². The van der Waals surface area contributed by atoms with Crippen LogP contribution < -0.4 is 10.1 Å². The Morgan fingerprint density at radius 3 is 2.66 bits per heavy atom. The maximum atomic E-state index is 12.2. The van der Waals surface area contributed by atoms with Crippen LogP contribution in [0.4, 0.5) is 0 Å². The predicted octanol–water partition coefficient (Wildman–Crippen LogP) is 4.21. The highest BCUT2D eigenvalue weighted by Gasteiger charge is 2.11. The molecule has 0 spiro atoms. The molecule has 2 aromatic heterocycles. The average Bonchev–Trinajstić information content (AvgIpc) is 3.29. The molecule has 1 amide bonds. The summed E-state index contributed by atoms with van der Waals surface area (Å²) in [6.45, 7) is 0.625. The topological polar surface area (TPSA) is 77.2 Å². The lowest BCUT2D eigenvalue weighted by atomic mass is 10.2. The minimum atomic E-state index is -0.0869. The highest BCUT2D eigenvalue weighted by atomic mass is 32.2. The van der Waals surface area contributed by atoms with E-state index < -0.39 is 0 Å². The lowest BCUT2D eigenvalue weighted by Gasteiger charge is -2.10. The van der Waals surface area contributed by atoms with E-state index in [2.05, 4.69) is 15.3 Å². The summed E-state index contributed by atoms with van der Waals surface area (Å²) in [5, 5.41) is 4.52. The molecule has 1 N–H and O–H groups in total. The van der Waals surface area contributed by atoms with Crippen LogP contribution in [0.25, 0.3) is 10.9 Å². The molecule has 0 fully saturated rings. The van der Waals surface area contributed by atoms with Crippen molar-refractivity contribution in [2.24, 2.45) is 0 Å². The average molecular weight is 405 g/mol. The van der Waals surface area contributed by atoms with Gasteiger partial charge in [0.05, 0.1) is 24.1 Å². The van der Waals surface area contributed by atoms with Crippen LogP contribution in [0.3, 0.4) is 0 Å². The summed E-state index contributed by atoms with van der Waals surface area (Å²) >= 11 is 1.38. The van der Waals surface area contributed by atoms with Gasteiger partial charge in [-0.2, -0.15) is 0 Å². The van der Waals surface area contributed by atoms with Gasteiger partial charge >= 0.3 is 0 Å². The highest BCUT2D eigenvalue weighted by Crippen LogP contribution is 2.25. The molecule has 4 rings (SSSR count). The zero-order chi connectivity index (χ0) is 19.9. The Morgan fingerprint density at radius 1 is 1.00 bits per heavy atom. The van der Waals surface area contributed by atoms with Crippen molar-refractivity contribution in [1.29, 1.82) is 0 Å². The Hall–Kier alpha value is -3.32. The fraction of sp³-hybridized carbons (Fsp3) is 0.136. The molecule has 146 valence electrons. The minimum Gasteiger partial charge on any atom is -0.486 e. The van der Waals surface area contributed by atoms with E-state index in [4.69, 9.17) is 9.15 Å². The Bertz CT molecular complexity index is 1090. The second-order valence-electron chi connectivity index (χ2n) is 6.21. The van der Waals surface area contributed by atoms with Crippen LogP contribution in [-0.2, 0) is 17.9 Å². The van der Waals surface area contributed by atoms with Crippen molar-refractivity contribution in [3.8, 4) is 5.75 Å². The van der Waals surface area contributed by atoms with E-state index in [1.54, 1.807) is 12.3 Å². The molecule has 0 aliphatic heterocycles. The summed E-state index contributed by atoms with van der Waals surface area (Å²) in [4.78, 5) is 21.4. The lowest BCUT2D eigenvalue weighted by Crippen LogP contribution is -2.24. The molecule has 4 aromatic rings. The number of hydrogen-bond acceptors (Lipinski definition) is 6. The second-order valence-corrected chi connectivity index (χ2v) is 7.17. The quantitative estimate of drug-likeness (QED) is 0.350. The summed E-state index contributed by atoms with van der Waals surface area (Å²) in [6.07, 6.45) is 1.59. The molecule has 2 aromatic carbocycles. The first kappa shape index (κ1) is 19.0. The Labute approximate surface area is 172 Å². The van der Waals surface area contributed by atoms with Gasteiger partial charge in [-0.05, 0) is 30.3 Å². The number of thioether (sulfide) groups is 1. The molecular weight excluding hydrogens is 386 g/mol. The van der Waals surface area contributed by atoms with E-state index in [1.165, 1.54) is 11.8 Å². The summed E-state index contributed by atoms with van der Waals surface area (Å²) in [5.74, 6) is 2.22. The van der Waals surface area contributed by atoms with Crippen molar-refractivity contribution in [3.05, 3.63) is 84.6 Å². The number of para-hydroxylation sites is 2. The van der Waals surface area contributed by atoms with Crippen LogP contribution >= 0.6 is 11.8 Å². The number of furan rings is 1. The van der Waals surface area contributed by atoms with Crippen molar-refractivity contribution in [1.82, 2.24) is 15.3 Å². The van der Waals surface area contributed by atoms with Crippen LogP contribution in [0.1, 0.15) is 11.6 Å². The molecule has 0 saturated carbocycles. The van der Waals surface area contributed by atoms with Gasteiger partial charge in [-0.15, -0.1) is 0 Å². The van der Waals surface area contributed by atoms with Crippen molar-refractivity contribution in [2.45, 2.75) is 18.2 Å². The normalized spacial score (nSPS) is 10.8. The minimum absolute atomic E-state index is 0.0869.